The number of ether oxygens (including phenoxy) is 1. The van der Waals surface area contributed by atoms with Crippen molar-refractivity contribution in [3.05, 3.63) is 25.5 Å². The summed E-state index contributed by atoms with van der Waals surface area (Å²) < 4.78 is 6.41. The van der Waals surface area contributed by atoms with E-state index in [-0.39, 0.29) is 16.8 Å². The van der Waals surface area contributed by atoms with E-state index in [1.54, 1.807) is 12.1 Å². The Balaban J connectivity index is 2.49. The number of phenolic OH excluding ortho intramolecular Hbond substituents is 1. The van der Waals surface area contributed by atoms with Crippen molar-refractivity contribution in [2.75, 3.05) is 6.61 Å². The Labute approximate surface area is 136 Å². The standard InChI is InChI=1S/C12H10Br2N2O3S/c1-2-19-6-3-5(8(13)9(14)10(6)17)4-7-11(18)16-12(15)20-7/h3-4,17H,2H2,1H3,(H2,15,16,18). The molecule has 2 rings (SSSR count). The highest BCUT2D eigenvalue weighted by atomic mass is 79.9. The van der Waals surface area contributed by atoms with E-state index in [4.69, 9.17) is 10.1 Å². The van der Waals surface area contributed by atoms with Crippen LogP contribution in [0, 0.1) is 5.41 Å². The number of carbonyl (C=O) groups is 1. The molecule has 20 heavy (non-hydrogen) atoms. The largest absolute Gasteiger partial charge is 0.503 e. The summed E-state index contributed by atoms with van der Waals surface area (Å²) in [6, 6.07) is 1.64. The SMILES string of the molecule is CCOc1cc(C=C2SC(=N)NC2=O)c(Br)c(Br)c1O. The van der Waals surface area contributed by atoms with Gasteiger partial charge in [-0.2, -0.15) is 0 Å². The fourth-order valence-electron chi connectivity index (χ4n) is 1.57. The van der Waals surface area contributed by atoms with Gasteiger partial charge in [0.1, 0.15) is 0 Å². The molecule has 1 fully saturated rings. The lowest BCUT2D eigenvalue weighted by Gasteiger charge is -2.11. The fourth-order valence-corrected chi connectivity index (χ4v) is 3.10. The molecule has 0 aliphatic carbocycles. The number of amidine groups is 1. The molecule has 5 nitrogen and oxygen atoms in total. The number of halogens is 2. The van der Waals surface area contributed by atoms with Gasteiger partial charge in [-0.1, -0.05) is 0 Å². The summed E-state index contributed by atoms with van der Waals surface area (Å²) in [5.41, 5.74) is 0.672. The van der Waals surface area contributed by atoms with Gasteiger partial charge in [-0.05, 0) is 68.3 Å². The molecule has 0 spiro atoms. The lowest BCUT2D eigenvalue weighted by Crippen LogP contribution is -2.18. The molecule has 0 atom stereocenters. The molecule has 1 heterocycles. The Morgan fingerprint density at radius 1 is 1.50 bits per heavy atom. The van der Waals surface area contributed by atoms with Crippen LogP contribution in [-0.4, -0.2) is 22.8 Å². The molecule has 1 aromatic rings. The Hall–Kier alpha value is -0.990. The maximum atomic E-state index is 11.6. The summed E-state index contributed by atoms with van der Waals surface area (Å²) in [7, 11) is 0. The zero-order valence-corrected chi connectivity index (χ0v) is 14.3. The van der Waals surface area contributed by atoms with Crippen molar-refractivity contribution in [3.63, 3.8) is 0 Å². The first-order valence-corrected chi connectivity index (χ1v) is 7.97. The average molecular weight is 422 g/mol. The maximum Gasteiger partial charge on any atom is 0.264 e. The predicted octanol–water partition coefficient (Wildman–Crippen LogP) is 3.45. The maximum absolute atomic E-state index is 11.6. The lowest BCUT2D eigenvalue weighted by atomic mass is 10.2. The van der Waals surface area contributed by atoms with Crippen molar-refractivity contribution >= 4 is 60.8 Å². The van der Waals surface area contributed by atoms with Gasteiger partial charge in [0, 0.05) is 4.47 Å². The molecular weight excluding hydrogens is 412 g/mol. The van der Waals surface area contributed by atoms with Crippen molar-refractivity contribution in [2.24, 2.45) is 0 Å². The van der Waals surface area contributed by atoms with Gasteiger partial charge in [0.25, 0.3) is 5.91 Å². The third-order valence-electron chi connectivity index (χ3n) is 2.42. The van der Waals surface area contributed by atoms with E-state index in [0.29, 0.717) is 31.8 Å². The van der Waals surface area contributed by atoms with Crippen LogP contribution in [0.5, 0.6) is 11.5 Å². The van der Waals surface area contributed by atoms with Crippen LogP contribution >= 0.6 is 43.6 Å². The minimum Gasteiger partial charge on any atom is -0.503 e. The van der Waals surface area contributed by atoms with Gasteiger partial charge in [0.2, 0.25) is 0 Å². The van der Waals surface area contributed by atoms with E-state index in [1.165, 1.54) is 0 Å². The van der Waals surface area contributed by atoms with Crippen LogP contribution in [0.2, 0.25) is 0 Å². The molecular formula is C12H10Br2N2O3S. The van der Waals surface area contributed by atoms with Crippen LogP contribution in [0.3, 0.4) is 0 Å². The highest BCUT2D eigenvalue weighted by molar-refractivity contribution is 9.13. The van der Waals surface area contributed by atoms with E-state index < -0.39 is 0 Å². The molecule has 0 aromatic heterocycles. The van der Waals surface area contributed by atoms with Crippen LogP contribution in [-0.2, 0) is 4.79 Å². The van der Waals surface area contributed by atoms with Crippen molar-refractivity contribution in [1.29, 1.82) is 5.41 Å². The zero-order valence-electron chi connectivity index (χ0n) is 10.3. The Kier molecular flexibility index (Phi) is 4.77. The normalized spacial score (nSPS) is 16.6. The zero-order chi connectivity index (χ0) is 14.9. The monoisotopic (exact) mass is 420 g/mol. The third-order valence-corrected chi connectivity index (χ3v) is 5.41. The molecule has 106 valence electrons. The summed E-state index contributed by atoms with van der Waals surface area (Å²) in [6.45, 7) is 2.23. The van der Waals surface area contributed by atoms with E-state index in [0.717, 1.165) is 11.8 Å². The van der Waals surface area contributed by atoms with Crippen LogP contribution in [0.15, 0.2) is 19.9 Å². The second-order valence-corrected chi connectivity index (χ2v) is 6.41. The molecule has 0 bridgehead atoms. The highest BCUT2D eigenvalue weighted by Gasteiger charge is 2.23. The van der Waals surface area contributed by atoms with Crippen molar-refractivity contribution in [1.82, 2.24) is 5.32 Å². The molecule has 1 aromatic carbocycles. The van der Waals surface area contributed by atoms with Gasteiger partial charge in [0.05, 0.1) is 16.0 Å². The van der Waals surface area contributed by atoms with E-state index in [1.807, 2.05) is 6.92 Å². The Bertz CT molecular complexity index is 632. The summed E-state index contributed by atoms with van der Waals surface area (Å²) >= 11 is 7.68. The van der Waals surface area contributed by atoms with Gasteiger partial charge in [-0.3, -0.25) is 10.2 Å². The van der Waals surface area contributed by atoms with E-state index >= 15 is 0 Å². The topological polar surface area (TPSA) is 82.4 Å². The van der Waals surface area contributed by atoms with Crippen molar-refractivity contribution in [2.45, 2.75) is 6.92 Å². The van der Waals surface area contributed by atoms with Gasteiger partial charge in [-0.25, -0.2) is 0 Å². The van der Waals surface area contributed by atoms with E-state index in [9.17, 15) is 9.90 Å². The number of hydrogen-bond acceptors (Lipinski definition) is 5. The summed E-state index contributed by atoms with van der Waals surface area (Å²) in [5.74, 6) is 0.0131. The Morgan fingerprint density at radius 2 is 2.20 bits per heavy atom. The molecule has 1 aliphatic rings. The minimum atomic E-state index is -0.311. The van der Waals surface area contributed by atoms with Crippen LogP contribution in [0.1, 0.15) is 12.5 Å². The molecule has 0 radical (unpaired) electrons. The Morgan fingerprint density at radius 3 is 2.75 bits per heavy atom. The number of carbonyl (C=O) groups excluding carboxylic acids is 1. The van der Waals surface area contributed by atoms with Gasteiger partial charge in [-0.15, -0.1) is 0 Å². The first kappa shape index (κ1) is 15.4. The van der Waals surface area contributed by atoms with Crippen molar-refractivity contribution < 1.29 is 14.6 Å². The van der Waals surface area contributed by atoms with Gasteiger partial charge < -0.3 is 15.2 Å². The first-order chi connectivity index (χ1) is 9.43. The number of hydrogen-bond donors (Lipinski definition) is 3. The number of amides is 1. The quantitative estimate of drug-likeness (QED) is 0.652. The fraction of sp³-hybridized carbons (Fsp3) is 0.167. The van der Waals surface area contributed by atoms with E-state index in [2.05, 4.69) is 37.2 Å². The first-order valence-electron chi connectivity index (χ1n) is 5.57. The predicted molar refractivity (Wildman–Crippen MR) is 86.1 cm³/mol. The summed E-state index contributed by atoms with van der Waals surface area (Å²) in [4.78, 5) is 12.0. The molecule has 0 unspecified atom stereocenters. The minimum absolute atomic E-state index is 0.00264. The third kappa shape index (κ3) is 3.02. The number of nitrogens with one attached hydrogen (secondary N) is 2. The number of aromatic hydroxyl groups is 1. The summed E-state index contributed by atoms with van der Waals surface area (Å²) in [5, 5.41) is 19.9. The summed E-state index contributed by atoms with van der Waals surface area (Å²) in [6.07, 6.45) is 1.64. The van der Waals surface area contributed by atoms with Crippen LogP contribution in [0.4, 0.5) is 0 Å². The van der Waals surface area contributed by atoms with Crippen LogP contribution in [0.25, 0.3) is 6.08 Å². The molecule has 0 saturated carbocycles. The number of phenols is 1. The molecule has 1 aliphatic heterocycles. The smallest absolute Gasteiger partial charge is 0.264 e. The van der Waals surface area contributed by atoms with Gasteiger partial charge >= 0.3 is 0 Å². The van der Waals surface area contributed by atoms with Crippen LogP contribution < -0.4 is 10.1 Å². The van der Waals surface area contributed by atoms with Gasteiger partial charge in [0.15, 0.2) is 16.7 Å². The highest BCUT2D eigenvalue weighted by Crippen LogP contribution is 2.43. The lowest BCUT2D eigenvalue weighted by molar-refractivity contribution is -0.115. The molecule has 1 amide bonds. The number of benzene rings is 1. The second kappa shape index (κ2) is 6.19. The molecule has 8 heteroatoms. The number of rotatable bonds is 3. The average Bonchev–Trinajstić information content (AvgIpc) is 2.71. The number of thioether (sulfide) groups is 1. The van der Waals surface area contributed by atoms with Crippen molar-refractivity contribution in [3.8, 4) is 11.5 Å². The molecule has 1 saturated heterocycles. The molecule has 3 N–H and O–H groups in total. The second-order valence-electron chi connectivity index (χ2n) is 3.77.